The second-order valence-corrected chi connectivity index (χ2v) is 5.57. The molecule has 6 heteroatoms. The van der Waals surface area contributed by atoms with Gasteiger partial charge in [-0.2, -0.15) is 5.10 Å². The number of nitrogens with two attached hydrogens (primary N) is 1. The molecule has 2 aromatic heterocycles. The minimum absolute atomic E-state index is 0.476. The van der Waals surface area contributed by atoms with E-state index < -0.39 is 0 Å². The molecule has 0 aliphatic heterocycles. The minimum Gasteiger partial charge on any atom is -0.353 e. The maximum Gasteiger partial charge on any atom is 0.156 e. The number of hydrogen-bond acceptors (Lipinski definition) is 6. The Morgan fingerprint density at radius 2 is 1.95 bits per heavy atom. The lowest BCUT2D eigenvalue weighted by Crippen LogP contribution is -2.22. The summed E-state index contributed by atoms with van der Waals surface area (Å²) in [6.07, 6.45) is 0. The molecule has 0 amide bonds. The fourth-order valence-corrected chi connectivity index (χ4v) is 2.79. The predicted octanol–water partition coefficient (Wildman–Crippen LogP) is 1.95. The normalized spacial score (nSPS) is 10.8. The summed E-state index contributed by atoms with van der Waals surface area (Å²) in [4.78, 5) is 7.60. The first-order valence-electron chi connectivity index (χ1n) is 6.17. The van der Waals surface area contributed by atoms with Gasteiger partial charge in [-0.3, -0.25) is 0 Å². The van der Waals surface area contributed by atoms with Gasteiger partial charge >= 0.3 is 0 Å². The predicted molar refractivity (Wildman–Crippen MR) is 78.4 cm³/mol. The molecule has 0 aromatic carbocycles. The maximum absolute atomic E-state index is 5.86. The molecule has 5 nitrogen and oxygen atoms in total. The summed E-state index contributed by atoms with van der Waals surface area (Å²) >= 11 is 1.66. The molecule has 2 aromatic rings. The van der Waals surface area contributed by atoms with Gasteiger partial charge in [0.05, 0.1) is 23.4 Å². The van der Waals surface area contributed by atoms with Gasteiger partial charge in [-0.05, 0) is 26.3 Å². The van der Waals surface area contributed by atoms with Gasteiger partial charge in [0.2, 0.25) is 0 Å². The number of aryl methyl sites for hydroxylation is 2. The van der Waals surface area contributed by atoms with Gasteiger partial charge < -0.3 is 10.6 Å². The third-order valence-corrected chi connectivity index (χ3v) is 4.27. The van der Waals surface area contributed by atoms with Gasteiger partial charge in [0.25, 0.3) is 0 Å². The number of thiazole rings is 1. The third-order valence-electron chi connectivity index (χ3n) is 3.35. The van der Waals surface area contributed by atoms with E-state index in [-0.39, 0.29) is 0 Å². The SMILES string of the molecule is Cc1ncsc1CN(C)c1nnc(C)c(C)c1CN. The smallest absolute Gasteiger partial charge is 0.156 e. The van der Waals surface area contributed by atoms with Crippen LogP contribution in [0.5, 0.6) is 0 Å². The average molecular weight is 277 g/mol. The van der Waals surface area contributed by atoms with Crippen LogP contribution in [0.2, 0.25) is 0 Å². The number of aromatic nitrogens is 3. The molecule has 0 atom stereocenters. The van der Waals surface area contributed by atoms with Gasteiger partial charge in [0.15, 0.2) is 5.82 Å². The minimum atomic E-state index is 0.476. The van der Waals surface area contributed by atoms with Crippen molar-refractivity contribution in [1.82, 2.24) is 15.2 Å². The number of hydrogen-bond donors (Lipinski definition) is 1. The molecule has 19 heavy (non-hydrogen) atoms. The highest BCUT2D eigenvalue weighted by atomic mass is 32.1. The van der Waals surface area contributed by atoms with Crippen LogP contribution in [0.3, 0.4) is 0 Å². The summed E-state index contributed by atoms with van der Waals surface area (Å²) in [7, 11) is 2.01. The first kappa shape index (κ1) is 13.9. The highest BCUT2D eigenvalue weighted by Gasteiger charge is 2.15. The summed E-state index contributed by atoms with van der Waals surface area (Å²) in [6.45, 7) is 7.28. The molecule has 102 valence electrons. The highest BCUT2D eigenvalue weighted by Crippen LogP contribution is 2.23. The van der Waals surface area contributed by atoms with Crippen molar-refractivity contribution in [2.45, 2.75) is 33.9 Å². The lowest BCUT2D eigenvalue weighted by molar-refractivity contribution is 0.825. The summed E-state index contributed by atoms with van der Waals surface area (Å²) in [5.74, 6) is 0.860. The van der Waals surface area contributed by atoms with Crippen LogP contribution in [0, 0.1) is 20.8 Å². The Labute approximate surface area is 117 Å². The molecule has 0 radical (unpaired) electrons. The number of anilines is 1. The van der Waals surface area contributed by atoms with Gasteiger partial charge in [-0.25, -0.2) is 4.98 Å². The molecule has 2 heterocycles. The van der Waals surface area contributed by atoms with Crippen LogP contribution in [0.15, 0.2) is 5.51 Å². The average Bonchev–Trinajstić information content (AvgIpc) is 2.78. The monoisotopic (exact) mass is 277 g/mol. The first-order chi connectivity index (χ1) is 9.04. The topological polar surface area (TPSA) is 67.9 Å². The van der Waals surface area contributed by atoms with E-state index in [0.29, 0.717) is 6.54 Å². The van der Waals surface area contributed by atoms with Crippen molar-refractivity contribution in [1.29, 1.82) is 0 Å². The fourth-order valence-electron chi connectivity index (χ4n) is 1.96. The van der Waals surface area contributed by atoms with E-state index >= 15 is 0 Å². The summed E-state index contributed by atoms with van der Waals surface area (Å²) in [5.41, 5.74) is 11.9. The van der Waals surface area contributed by atoms with Crippen molar-refractivity contribution in [3.05, 3.63) is 32.9 Å². The van der Waals surface area contributed by atoms with Crippen LogP contribution < -0.4 is 10.6 Å². The molecule has 2 N–H and O–H groups in total. The zero-order valence-electron chi connectivity index (χ0n) is 11.8. The van der Waals surface area contributed by atoms with Gasteiger partial charge in [-0.15, -0.1) is 16.4 Å². The van der Waals surface area contributed by atoms with E-state index in [4.69, 9.17) is 5.73 Å². The number of nitrogens with zero attached hydrogens (tertiary/aromatic N) is 4. The molecule has 0 bridgehead atoms. The van der Waals surface area contributed by atoms with Crippen LogP contribution in [0.4, 0.5) is 5.82 Å². The fraction of sp³-hybridized carbons (Fsp3) is 0.462. The van der Waals surface area contributed by atoms with Crippen LogP contribution in [-0.2, 0) is 13.1 Å². The molecular weight excluding hydrogens is 258 g/mol. The first-order valence-corrected chi connectivity index (χ1v) is 7.05. The Kier molecular flexibility index (Phi) is 4.11. The Morgan fingerprint density at radius 1 is 1.21 bits per heavy atom. The largest absolute Gasteiger partial charge is 0.353 e. The van der Waals surface area contributed by atoms with Crippen LogP contribution in [0.1, 0.15) is 27.4 Å². The van der Waals surface area contributed by atoms with Crippen molar-refractivity contribution in [3.8, 4) is 0 Å². The van der Waals surface area contributed by atoms with Crippen molar-refractivity contribution < 1.29 is 0 Å². The quantitative estimate of drug-likeness (QED) is 0.925. The van der Waals surface area contributed by atoms with Crippen LogP contribution >= 0.6 is 11.3 Å². The molecule has 0 saturated carbocycles. The zero-order valence-corrected chi connectivity index (χ0v) is 12.6. The molecular formula is C13H19N5S. The van der Waals surface area contributed by atoms with E-state index in [1.54, 1.807) is 11.3 Å². The van der Waals surface area contributed by atoms with Crippen molar-refractivity contribution in [3.63, 3.8) is 0 Å². The summed E-state index contributed by atoms with van der Waals surface area (Å²) in [5, 5.41) is 8.50. The Balaban J connectivity index is 2.31. The lowest BCUT2D eigenvalue weighted by atomic mass is 10.1. The highest BCUT2D eigenvalue weighted by molar-refractivity contribution is 7.09. The lowest BCUT2D eigenvalue weighted by Gasteiger charge is -2.21. The van der Waals surface area contributed by atoms with Gasteiger partial charge in [0.1, 0.15) is 0 Å². The van der Waals surface area contributed by atoms with Crippen molar-refractivity contribution >= 4 is 17.2 Å². The Morgan fingerprint density at radius 3 is 2.53 bits per heavy atom. The molecule has 0 saturated heterocycles. The van der Waals surface area contributed by atoms with Gasteiger partial charge in [0, 0.05) is 24.0 Å². The molecule has 0 spiro atoms. The summed E-state index contributed by atoms with van der Waals surface area (Å²) < 4.78 is 0. The van der Waals surface area contributed by atoms with Crippen LogP contribution in [0.25, 0.3) is 0 Å². The molecule has 2 rings (SSSR count). The van der Waals surface area contributed by atoms with Crippen molar-refractivity contribution in [2.24, 2.45) is 5.73 Å². The van der Waals surface area contributed by atoms with E-state index in [2.05, 4.69) is 20.1 Å². The second kappa shape index (κ2) is 5.63. The Bertz CT molecular complexity index is 578. The Hall–Kier alpha value is -1.53. The standard InChI is InChI=1S/C13H19N5S/c1-8-9(2)16-17-13(11(8)5-14)18(4)6-12-10(3)15-7-19-12/h7H,5-6,14H2,1-4H3. The second-order valence-electron chi connectivity index (χ2n) is 4.63. The summed E-state index contributed by atoms with van der Waals surface area (Å²) in [6, 6.07) is 0. The molecule has 0 unspecified atom stereocenters. The third kappa shape index (κ3) is 2.74. The molecule has 0 aliphatic rings. The maximum atomic E-state index is 5.86. The number of rotatable bonds is 4. The van der Waals surface area contributed by atoms with Crippen molar-refractivity contribution in [2.75, 3.05) is 11.9 Å². The van der Waals surface area contributed by atoms with E-state index in [1.807, 2.05) is 33.3 Å². The van der Waals surface area contributed by atoms with Crippen LogP contribution in [-0.4, -0.2) is 22.2 Å². The van der Waals surface area contributed by atoms with E-state index in [9.17, 15) is 0 Å². The molecule has 0 aliphatic carbocycles. The van der Waals surface area contributed by atoms with E-state index in [1.165, 1.54) is 4.88 Å². The van der Waals surface area contributed by atoms with E-state index in [0.717, 1.165) is 34.9 Å². The van der Waals surface area contributed by atoms with Gasteiger partial charge in [-0.1, -0.05) is 0 Å². The zero-order chi connectivity index (χ0) is 14.0. The molecule has 0 fully saturated rings.